The number of carbonyl (C=O) groups is 2. The van der Waals surface area contributed by atoms with Gasteiger partial charge in [0, 0.05) is 12.3 Å². The Balaban J connectivity index is 2.68. The van der Waals surface area contributed by atoms with Crippen molar-refractivity contribution in [3.8, 4) is 0 Å². The van der Waals surface area contributed by atoms with Crippen LogP contribution in [0.2, 0.25) is 0 Å². The number of rotatable bonds is 8. The van der Waals surface area contributed by atoms with Crippen LogP contribution in [0.5, 0.6) is 0 Å². The number of methoxy groups -OCH3 is 2. The molecule has 0 aliphatic carbocycles. The van der Waals surface area contributed by atoms with Gasteiger partial charge in [0.15, 0.2) is 0 Å². The van der Waals surface area contributed by atoms with Gasteiger partial charge in [0.1, 0.15) is 0 Å². The Morgan fingerprint density at radius 2 is 2.05 bits per heavy atom. The maximum atomic E-state index is 11.8. The highest BCUT2D eigenvalue weighted by molar-refractivity contribution is 5.88. The van der Waals surface area contributed by atoms with E-state index in [1.54, 1.807) is 6.08 Å². The third-order valence-corrected chi connectivity index (χ3v) is 3.04. The van der Waals surface area contributed by atoms with Gasteiger partial charge in [-0.15, -0.1) is 0 Å². The van der Waals surface area contributed by atoms with Gasteiger partial charge in [0.25, 0.3) is 0 Å². The van der Waals surface area contributed by atoms with Gasteiger partial charge in [0.2, 0.25) is 5.60 Å². The fraction of sp³-hybridized carbons (Fsp3) is 0.692. The van der Waals surface area contributed by atoms with Gasteiger partial charge in [-0.3, -0.25) is 15.1 Å². The molecule has 0 aromatic heterocycles. The van der Waals surface area contributed by atoms with E-state index in [1.807, 2.05) is 0 Å². The molecule has 1 atom stereocenters. The smallest absolute Gasteiger partial charge is 0.345 e. The number of allylic oxidation sites excluding steroid dienone is 1. The summed E-state index contributed by atoms with van der Waals surface area (Å²) in [4.78, 5) is 28.5. The number of aliphatic hydroxyl groups excluding tert-OH is 1. The Morgan fingerprint density at radius 1 is 1.30 bits per heavy atom. The fourth-order valence-corrected chi connectivity index (χ4v) is 1.94. The lowest BCUT2D eigenvalue weighted by Crippen LogP contribution is -2.42. The van der Waals surface area contributed by atoms with E-state index in [0.717, 1.165) is 25.0 Å². The van der Waals surface area contributed by atoms with E-state index in [1.165, 1.54) is 14.2 Å². The van der Waals surface area contributed by atoms with Crippen molar-refractivity contribution in [1.29, 1.82) is 0 Å². The highest BCUT2D eigenvalue weighted by Gasteiger charge is 2.46. The molecule has 1 aliphatic heterocycles. The molecule has 0 fully saturated rings. The maximum Gasteiger partial charge on any atom is 0.345 e. The summed E-state index contributed by atoms with van der Waals surface area (Å²) in [5.41, 5.74) is 1.91. The summed E-state index contributed by atoms with van der Waals surface area (Å²) < 4.78 is 9.25. The molecule has 7 nitrogen and oxygen atoms in total. The largest absolute Gasteiger partial charge is 0.469 e. The van der Waals surface area contributed by atoms with Crippen LogP contribution in [0, 0.1) is 0 Å². The number of aliphatic hydroxyl groups is 1. The third kappa shape index (κ3) is 4.21. The third-order valence-electron chi connectivity index (χ3n) is 3.04. The Kier molecular flexibility index (Phi) is 6.47. The minimum atomic E-state index is -1.46. The zero-order valence-electron chi connectivity index (χ0n) is 11.8. The average molecular weight is 287 g/mol. The second-order valence-corrected chi connectivity index (χ2v) is 4.54. The summed E-state index contributed by atoms with van der Waals surface area (Å²) in [6.45, 7) is 0.164. The van der Waals surface area contributed by atoms with Crippen molar-refractivity contribution in [2.45, 2.75) is 37.7 Å². The van der Waals surface area contributed by atoms with Crippen molar-refractivity contribution in [1.82, 2.24) is 5.48 Å². The van der Waals surface area contributed by atoms with Crippen LogP contribution in [0.15, 0.2) is 11.8 Å². The molecule has 1 heterocycles. The van der Waals surface area contributed by atoms with Crippen molar-refractivity contribution in [3.63, 3.8) is 0 Å². The van der Waals surface area contributed by atoms with Gasteiger partial charge in [0.05, 0.1) is 20.6 Å². The monoisotopic (exact) mass is 287 g/mol. The van der Waals surface area contributed by atoms with E-state index in [-0.39, 0.29) is 13.0 Å². The molecule has 20 heavy (non-hydrogen) atoms. The van der Waals surface area contributed by atoms with Crippen molar-refractivity contribution in [2.75, 3.05) is 20.8 Å². The lowest BCUT2D eigenvalue weighted by atomic mass is 9.98. The molecule has 7 heteroatoms. The van der Waals surface area contributed by atoms with Gasteiger partial charge in [-0.1, -0.05) is 6.42 Å². The number of hydrogen-bond donors (Lipinski definition) is 2. The lowest BCUT2D eigenvalue weighted by Gasteiger charge is -2.20. The predicted octanol–water partition coefficient (Wildman–Crippen LogP) is 0.433. The summed E-state index contributed by atoms with van der Waals surface area (Å²) in [6.07, 6.45) is 4.44. The van der Waals surface area contributed by atoms with Crippen LogP contribution in [0.25, 0.3) is 0 Å². The first kappa shape index (κ1) is 16.5. The van der Waals surface area contributed by atoms with Crippen LogP contribution in [-0.4, -0.2) is 43.5 Å². The van der Waals surface area contributed by atoms with Crippen molar-refractivity contribution in [3.05, 3.63) is 11.8 Å². The fourth-order valence-electron chi connectivity index (χ4n) is 1.94. The molecule has 0 spiro atoms. The maximum absolute atomic E-state index is 11.8. The van der Waals surface area contributed by atoms with E-state index in [2.05, 4.69) is 15.0 Å². The van der Waals surface area contributed by atoms with E-state index in [9.17, 15) is 9.59 Å². The highest BCUT2D eigenvalue weighted by Crippen LogP contribution is 2.28. The second kappa shape index (κ2) is 7.86. The van der Waals surface area contributed by atoms with Gasteiger partial charge in [-0.05, 0) is 25.3 Å². The van der Waals surface area contributed by atoms with Crippen LogP contribution in [0.1, 0.15) is 32.1 Å². The standard InChI is InChI=1S/C13H21NO6/c1-18-11(16)9-13(12(17)19-2)8-10(14-20-13)6-4-3-5-7-15/h8,14-15H,3-7,9H2,1-2H3. The molecule has 0 aromatic carbocycles. The predicted molar refractivity (Wildman–Crippen MR) is 69.2 cm³/mol. The molecular weight excluding hydrogens is 266 g/mol. The Labute approximate surface area is 117 Å². The zero-order valence-corrected chi connectivity index (χ0v) is 11.8. The first-order chi connectivity index (χ1) is 9.57. The Morgan fingerprint density at radius 3 is 2.65 bits per heavy atom. The molecule has 1 unspecified atom stereocenters. The van der Waals surface area contributed by atoms with E-state index in [0.29, 0.717) is 6.42 Å². The topological polar surface area (TPSA) is 94.1 Å². The minimum Gasteiger partial charge on any atom is -0.469 e. The number of ether oxygens (including phenoxy) is 2. The van der Waals surface area contributed by atoms with Crippen molar-refractivity contribution in [2.24, 2.45) is 0 Å². The summed E-state index contributed by atoms with van der Waals surface area (Å²) in [5.74, 6) is -1.21. The zero-order chi connectivity index (χ0) is 15.0. The molecule has 114 valence electrons. The van der Waals surface area contributed by atoms with Crippen LogP contribution in [0.4, 0.5) is 0 Å². The summed E-state index contributed by atoms with van der Waals surface area (Å²) in [6, 6.07) is 0. The molecule has 0 saturated carbocycles. The van der Waals surface area contributed by atoms with E-state index >= 15 is 0 Å². The van der Waals surface area contributed by atoms with E-state index < -0.39 is 17.5 Å². The molecule has 1 aliphatic rings. The first-order valence-corrected chi connectivity index (χ1v) is 6.50. The molecule has 0 bridgehead atoms. The number of carbonyl (C=O) groups excluding carboxylic acids is 2. The molecule has 0 saturated heterocycles. The van der Waals surface area contributed by atoms with Crippen molar-refractivity contribution >= 4 is 11.9 Å². The summed E-state index contributed by atoms with van der Waals surface area (Å²) >= 11 is 0. The minimum absolute atomic E-state index is 0.164. The molecule has 2 N–H and O–H groups in total. The highest BCUT2D eigenvalue weighted by atomic mass is 16.7. The van der Waals surface area contributed by atoms with Gasteiger partial charge in [-0.25, -0.2) is 4.79 Å². The molecule has 1 rings (SSSR count). The van der Waals surface area contributed by atoms with E-state index in [4.69, 9.17) is 9.94 Å². The number of esters is 2. The van der Waals surface area contributed by atoms with Crippen LogP contribution in [0.3, 0.4) is 0 Å². The number of hydrogen-bond acceptors (Lipinski definition) is 7. The molecular formula is C13H21NO6. The number of unbranched alkanes of at least 4 members (excludes halogenated alkanes) is 2. The van der Waals surface area contributed by atoms with Crippen molar-refractivity contribution < 1.29 is 29.0 Å². The Hall–Kier alpha value is -1.60. The van der Waals surface area contributed by atoms with Crippen LogP contribution < -0.4 is 5.48 Å². The normalized spacial score (nSPS) is 21.1. The van der Waals surface area contributed by atoms with Gasteiger partial charge in [-0.2, -0.15) is 0 Å². The number of nitrogens with one attached hydrogen (secondary N) is 1. The quantitative estimate of drug-likeness (QED) is 0.494. The lowest BCUT2D eigenvalue weighted by molar-refractivity contribution is -0.173. The van der Waals surface area contributed by atoms with Gasteiger partial charge < -0.3 is 14.6 Å². The SMILES string of the molecule is COC(=O)CC1(C(=O)OC)C=C(CCCCCO)NO1. The molecule has 0 radical (unpaired) electrons. The van der Waals surface area contributed by atoms with Gasteiger partial charge >= 0.3 is 11.9 Å². The number of hydroxylamine groups is 1. The molecule has 0 amide bonds. The second-order valence-electron chi connectivity index (χ2n) is 4.54. The first-order valence-electron chi connectivity index (χ1n) is 6.50. The average Bonchev–Trinajstić information content (AvgIpc) is 2.87. The molecule has 0 aromatic rings. The van der Waals surface area contributed by atoms with Crippen LogP contribution in [-0.2, 0) is 23.9 Å². The van der Waals surface area contributed by atoms with Crippen LogP contribution >= 0.6 is 0 Å². The summed E-state index contributed by atoms with van der Waals surface area (Å²) in [5, 5.41) is 8.70. The summed E-state index contributed by atoms with van der Waals surface area (Å²) in [7, 11) is 2.48. The Bertz CT molecular complexity index is 381.